The van der Waals surface area contributed by atoms with E-state index in [1.54, 1.807) is 24.3 Å². The van der Waals surface area contributed by atoms with E-state index in [0.717, 1.165) is 30.1 Å². The average molecular weight is 412 g/mol. The van der Waals surface area contributed by atoms with Crippen molar-refractivity contribution in [2.45, 2.75) is 43.9 Å². The molecule has 1 N–H and O–H groups in total. The highest BCUT2D eigenvalue weighted by atomic mass is 33.1. The molecular formula is C19H25NO5S2. The van der Waals surface area contributed by atoms with E-state index >= 15 is 0 Å². The fraction of sp³-hybridized carbons (Fsp3) is 0.526. The van der Waals surface area contributed by atoms with E-state index in [0.29, 0.717) is 18.5 Å². The topological polar surface area (TPSA) is 81.7 Å². The molecule has 0 unspecified atom stereocenters. The summed E-state index contributed by atoms with van der Waals surface area (Å²) in [5.74, 6) is 0.140. The highest BCUT2D eigenvalue weighted by Crippen LogP contribution is 2.39. The molecule has 1 heterocycles. The van der Waals surface area contributed by atoms with Gasteiger partial charge in [0.05, 0.1) is 12.7 Å². The minimum absolute atomic E-state index is 0.270. The molecule has 6 nitrogen and oxygen atoms in total. The molecule has 0 saturated carbocycles. The van der Waals surface area contributed by atoms with Crippen LogP contribution in [0.25, 0.3) is 0 Å². The first-order valence-electron chi connectivity index (χ1n) is 8.96. The van der Waals surface area contributed by atoms with Crippen molar-refractivity contribution in [1.29, 1.82) is 0 Å². The van der Waals surface area contributed by atoms with E-state index in [9.17, 15) is 14.4 Å². The molecule has 0 aromatic heterocycles. The fourth-order valence-corrected chi connectivity index (χ4v) is 5.58. The van der Waals surface area contributed by atoms with E-state index < -0.39 is 5.97 Å². The lowest BCUT2D eigenvalue weighted by Gasteiger charge is -2.08. The normalized spacial score (nSPS) is 16.0. The smallest absolute Gasteiger partial charge is 0.337 e. The predicted octanol–water partition coefficient (Wildman–Crippen LogP) is 3.35. The Balaban J connectivity index is 1.55. The van der Waals surface area contributed by atoms with Crippen molar-refractivity contribution >= 4 is 39.4 Å². The van der Waals surface area contributed by atoms with Gasteiger partial charge >= 0.3 is 11.9 Å². The molecule has 1 aliphatic rings. The van der Waals surface area contributed by atoms with Gasteiger partial charge < -0.3 is 14.8 Å². The lowest BCUT2D eigenvalue weighted by molar-refractivity contribution is -0.148. The number of carbonyl (C=O) groups is 3. The van der Waals surface area contributed by atoms with Crippen molar-refractivity contribution in [3.63, 3.8) is 0 Å². The molecule has 148 valence electrons. The Bertz CT molecular complexity index is 629. The summed E-state index contributed by atoms with van der Waals surface area (Å²) in [7, 11) is 5.20. The first-order valence-corrected chi connectivity index (χ1v) is 11.3. The molecule has 0 aliphatic carbocycles. The van der Waals surface area contributed by atoms with Crippen LogP contribution in [0.2, 0.25) is 0 Å². The molecule has 0 spiro atoms. The molecule has 1 fully saturated rings. The number of hydrogen-bond donors (Lipinski definition) is 1. The molecule has 2 rings (SSSR count). The number of esters is 2. The Labute approximate surface area is 167 Å². The van der Waals surface area contributed by atoms with Crippen LogP contribution in [-0.2, 0) is 25.6 Å². The SMILES string of the molecule is COC(=O)c1ccc(CNC(=O)COC(=O)CCCC[C@H]2CCSS2)cc1. The minimum Gasteiger partial charge on any atom is -0.465 e. The van der Waals surface area contributed by atoms with Crippen LogP contribution in [0.4, 0.5) is 0 Å². The first-order chi connectivity index (χ1) is 13.1. The van der Waals surface area contributed by atoms with Gasteiger partial charge in [0, 0.05) is 24.0 Å². The van der Waals surface area contributed by atoms with E-state index in [4.69, 9.17) is 4.74 Å². The summed E-state index contributed by atoms with van der Waals surface area (Å²) >= 11 is 0. The number of benzene rings is 1. The van der Waals surface area contributed by atoms with Crippen molar-refractivity contribution in [2.24, 2.45) is 0 Å². The summed E-state index contributed by atoms with van der Waals surface area (Å²) in [6.45, 7) is 0.0309. The maximum Gasteiger partial charge on any atom is 0.337 e. The van der Waals surface area contributed by atoms with E-state index in [1.165, 1.54) is 19.3 Å². The molecule has 1 amide bonds. The van der Waals surface area contributed by atoms with Gasteiger partial charge in [-0.25, -0.2) is 4.79 Å². The van der Waals surface area contributed by atoms with Crippen LogP contribution in [0.15, 0.2) is 24.3 Å². The lowest BCUT2D eigenvalue weighted by Crippen LogP contribution is -2.28. The Hall–Kier alpha value is -1.67. The van der Waals surface area contributed by atoms with Gasteiger partial charge in [0.2, 0.25) is 0 Å². The largest absolute Gasteiger partial charge is 0.465 e. The number of unbranched alkanes of at least 4 members (excludes halogenated alkanes) is 1. The quantitative estimate of drug-likeness (QED) is 0.359. The second-order valence-electron chi connectivity index (χ2n) is 6.20. The van der Waals surface area contributed by atoms with Crippen molar-refractivity contribution in [3.05, 3.63) is 35.4 Å². The number of nitrogens with one attached hydrogen (secondary N) is 1. The average Bonchev–Trinajstić information content (AvgIpc) is 3.21. The third-order valence-electron chi connectivity index (χ3n) is 4.11. The first kappa shape index (κ1) is 21.6. The number of amides is 1. The van der Waals surface area contributed by atoms with Crippen LogP contribution in [0.3, 0.4) is 0 Å². The van der Waals surface area contributed by atoms with E-state index in [1.807, 2.05) is 21.6 Å². The predicted molar refractivity (Wildman–Crippen MR) is 108 cm³/mol. The van der Waals surface area contributed by atoms with Gasteiger partial charge in [-0.1, -0.05) is 40.1 Å². The molecular weight excluding hydrogens is 386 g/mol. The van der Waals surface area contributed by atoms with Crippen molar-refractivity contribution < 1.29 is 23.9 Å². The Morgan fingerprint density at radius 2 is 1.96 bits per heavy atom. The van der Waals surface area contributed by atoms with Gasteiger partial charge in [-0.2, -0.15) is 0 Å². The van der Waals surface area contributed by atoms with Crippen LogP contribution < -0.4 is 5.32 Å². The highest BCUT2D eigenvalue weighted by molar-refractivity contribution is 8.77. The van der Waals surface area contributed by atoms with Gasteiger partial charge in [0.1, 0.15) is 0 Å². The Morgan fingerprint density at radius 3 is 2.63 bits per heavy atom. The van der Waals surface area contributed by atoms with Crippen molar-refractivity contribution in [3.8, 4) is 0 Å². The van der Waals surface area contributed by atoms with Crippen LogP contribution >= 0.6 is 21.6 Å². The second-order valence-corrected chi connectivity index (χ2v) is 8.99. The standard InChI is InChI=1S/C19H25NO5S2/c1-24-19(23)15-8-6-14(7-9-15)12-20-17(21)13-25-18(22)5-3-2-4-16-10-11-26-27-16/h6-9,16H,2-5,10-13H2,1H3,(H,20,21)/t16-/m0/s1. The van der Waals surface area contributed by atoms with Crippen molar-refractivity contribution in [2.75, 3.05) is 19.5 Å². The molecule has 1 aromatic carbocycles. The van der Waals surface area contributed by atoms with Gasteiger partial charge in [-0.05, 0) is 37.0 Å². The molecule has 0 radical (unpaired) electrons. The van der Waals surface area contributed by atoms with Gasteiger partial charge in [0.15, 0.2) is 6.61 Å². The zero-order chi connectivity index (χ0) is 19.5. The summed E-state index contributed by atoms with van der Waals surface area (Å²) in [4.78, 5) is 34.8. The van der Waals surface area contributed by atoms with E-state index in [-0.39, 0.29) is 18.5 Å². The summed E-state index contributed by atoms with van der Waals surface area (Å²) in [5.41, 5.74) is 1.29. The fourth-order valence-electron chi connectivity index (χ4n) is 2.55. The highest BCUT2D eigenvalue weighted by Gasteiger charge is 2.16. The summed E-state index contributed by atoms with van der Waals surface area (Å²) in [6, 6.07) is 6.74. The van der Waals surface area contributed by atoms with Crippen LogP contribution in [0.1, 0.15) is 48.0 Å². The molecule has 1 saturated heterocycles. The molecule has 1 aliphatic heterocycles. The summed E-state index contributed by atoms with van der Waals surface area (Å²) in [5, 5.41) is 3.40. The number of hydrogen-bond acceptors (Lipinski definition) is 7. The third kappa shape index (κ3) is 8.26. The number of rotatable bonds is 10. The minimum atomic E-state index is -0.404. The number of ether oxygens (including phenoxy) is 2. The molecule has 0 bridgehead atoms. The Morgan fingerprint density at radius 1 is 1.19 bits per heavy atom. The second kappa shape index (κ2) is 11.9. The molecule has 1 atom stereocenters. The van der Waals surface area contributed by atoms with Crippen LogP contribution in [0.5, 0.6) is 0 Å². The van der Waals surface area contributed by atoms with Crippen LogP contribution in [-0.4, -0.2) is 42.6 Å². The van der Waals surface area contributed by atoms with Gasteiger partial charge in [-0.3, -0.25) is 9.59 Å². The zero-order valence-electron chi connectivity index (χ0n) is 15.4. The monoisotopic (exact) mass is 411 g/mol. The maximum atomic E-state index is 11.8. The Kier molecular flexibility index (Phi) is 9.55. The summed E-state index contributed by atoms with van der Waals surface area (Å²) in [6.07, 6.45) is 4.56. The van der Waals surface area contributed by atoms with E-state index in [2.05, 4.69) is 10.1 Å². The molecule has 27 heavy (non-hydrogen) atoms. The van der Waals surface area contributed by atoms with Gasteiger partial charge in [-0.15, -0.1) is 0 Å². The van der Waals surface area contributed by atoms with Crippen molar-refractivity contribution in [1.82, 2.24) is 5.32 Å². The lowest BCUT2D eigenvalue weighted by atomic mass is 10.1. The maximum absolute atomic E-state index is 11.8. The van der Waals surface area contributed by atoms with Crippen LogP contribution in [0, 0.1) is 0 Å². The molecule has 1 aromatic rings. The zero-order valence-corrected chi connectivity index (χ0v) is 17.0. The summed E-state index contributed by atoms with van der Waals surface area (Å²) < 4.78 is 9.64. The van der Waals surface area contributed by atoms with Gasteiger partial charge in [0.25, 0.3) is 5.91 Å². The number of carbonyl (C=O) groups excluding carboxylic acids is 3. The molecule has 8 heteroatoms. The third-order valence-corrected chi connectivity index (χ3v) is 7.12. The number of methoxy groups -OCH3 is 1.